The summed E-state index contributed by atoms with van der Waals surface area (Å²) in [6.07, 6.45) is 3.17. The van der Waals surface area contributed by atoms with Gasteiger partial charge in [0.1, 0.15) is 11.5 Å². The van der Waals surface area contributed by atoms with Gasteiger partial charge in [0.2, 0.25) is 0 Å². The number of pyridine rings is 1. The lowest BCUT2D eigenvalue weighted by molar-refractivity contribution is -0.132. The van der Waals surface area contributed by atoms with Crippen LogP contribution in [0.2, 0.25) is 5.02 Å². The van der Waals surface area contributed by atoms with Gasteiger partial charge in [-0.05, 0) is 66.9 Å². The van der Waals surface area contributed by atoms with E-state index < -0.39 is 17.7 Å². The first-order valence-electron chi connectivity index (χ1n) is 9.96. The van der Waals surface area contributed by atoms with Crippen molar-refractivity contribution in [2.24, 2.45) is 0 Å². The van der Waals surface area contributed by atoms with E-state index in [9.17, 15) is 14.7 Å². The number of aliphatic hydroxyl groups excluding tert-OH is 1. The topological polar surface area (TPSA) is 79.7 Å². The molecule has 162 valence electrons. The summed E-state index contributed by atoms with van der Waals surface area (Å²) < 4.78 is 5.24. The van der Waals surface area contributed by atoms with Gasteiger partial charge in [-0.25, -0.2) is 0 Å². The van der Waals surface area contributed by atoms with Crippen LogP contribution in [0.3, 0.4) is 0 Å². The van der Waals surface area contributed by atoms with Crippen molar-refractivity contribution >= 4 is 34.7 Å². The summed E-state index contributed by atoms with van der Waals surface area (Å²) in [6.45, 7) is 3.84. The van der Waals surface area contributed by atoms with E-state index in [0.717, 1.165) is 11.1 Å². The smallest absolute Gasteiger partial charge is 0.300 e. The zero-order valence-electron chi connectivity index (χ0n) is 17.8. The van der Waals surface area contributed by atoms with E-state index in [4.69, 9.17) is 16.3 Å². The Kier molecular flexibility index (Phi) is 5.72. The summed E-state index contributed by atoms with van der Waals surface area (Å²) in [5, 5.41) is 11.6. The fourth-order valence-corrected chi connectivity index (χ4v) is 4.10. The monoisotopic (exact) mass is 448 g/mol. The standard InChI is InChI=1S/C25H21ClN2O4/c1-14-5-4-6-19(15(14)2)28-22(16-9-11-27-12-10-16)21(24(30)25(28)31)23(29)17-7-8-18(26)20(13-17)32-3/h4-13,22,29H,1-3H3/b23-21+. The van der Waals surface area contributed by atoms with Crippen molar-refractivity contribution in [1.82, 2.24) is 4.98 Å². The Hall–Kier alpha value is -3.64. The maximum absolute atomic E-state index is 13.2. The summed E-state index contributed by atoms with van der Waals surface area (Å²) in [5.74, 6) is -1.42. The van der Waals surface area contributed by atoms with Crippen molar-refractivity contribution in [1.29, 1.82) is 0 Å². The Bertz CT molecular complexity index is 1250. The largest absolute Gasteiger partial charge is 0.507 e. The molecule has 1 unspecified atom stereocenters. The molecule has 1 aromatic heterocycles. The quantitative estimate of drug-likeness (QED) is 0.345. The fourth-order valence-electron chi connectivity index (χ4n) is 3.90. The Labute approximate surface area is 190 Å². The van der Waals surface area contributed by atoms with Crippen molar-refractivity contribution in [2.75, 3.05) is 12.0 Å². The van der Waals surface area contributed by atoms with Crippen LogP contribution in [0.25, 0.3) is 5.76 Å². The van der Waals surface area contributed by atoms with Crippen LogP contribution in [0.15, 0.2) is 66.5 Å². The molecule has 1 aliphatic heterocycles. The lowest BCUT2D eigenvalue weighted by atomic mass is 9.95. The minimum absolute atomic E-state index is 0.00789. The van der Waals surface area contributed by atoms with Crippen molar-refractivity contribution in [3.8, 4) is 5.75 Å². The number of hydrogen-bond donors (Lipinski definition) is 1. The normalized spacial score (nSPS) is 17.6. The number of aryl methyl sites for hydroxylation is 1. The predicted molar refractivity (Wildman–Crippen MR) is 123 cm³/mol. The van der Waals surface area contributed by atoms with Crippen molar-refractivity contribution in [3.05, 3.63) is 93.8 Å². The van der Waals surface area contributed by atoms with Gasteiger partial charge in [0.15, 0.2) is 0 Å². The highest BCUT2D eigenvalue weighted by Crippen LogP contribution is 2.43. The molecule has 2 aromatic carbocycles. The number of carbonyl (C=O) groups is 2. The van der Waals surface area contributed by atoms with Crippen LogP contribution in [0.1, 0.15) is 28.3 Å². The maximum Gasteiger partial charge on any atom is 0.300 e. The third kappa shape index (κ3) is 3.52. The summed E-state index contributed by atoms with van der Waals surface area (Å²) in [6, 6.07) is 12.9. The van der Waals surface area contributed by atoms with Gasteiger partial charge in [-0.2, -0.15) is 0 Å². The highest BCUT2D eigenvalue weighted by molar-refractivity contribution is 6.51. The van der Waals surface area contributed by atoms with E-state index in [1.54, 1.807) is 42.7 Å². The fraction of sp³-hybridized carbons (Fsp3) is 0.160. The molecule has 2 heterocycles. The molecule has 1 saturated heterocycles. The highest BCUT2D eigenvalue weighted by Gasteiger charge is 2.47. The molecule has 0 bridgehead atoms. The third-order valence-electron chi connectivity index (χ3n) is 5.73. The number of nitrogens with zero attached hydrogens (tertiary/aromatic N) is 2. The van der Waals surface area contributed by atoms with Gasteiger partial charge < -0.3 is 9.84 Å². The minimum Gasteiger partial charge on any atom is -0.507 e. The molecule has 4 rings (SSSR count). The number of aromatic nitrogens is 1. The third-order valence-corrected chi connectivity index (χ3v) is 6.04. The number of anilines is 1. The van der Waals surface area contributed by atoms with E-state index >= 15 is 0 Å². The Balaban J connectivity index is 1.97. The van der Waals surface area contributed by atoms with E-state index in [0.29, 0.717) is 27.6 Å². The number of benzene rings is 2. The van der Waals surface area contributed by atoms with Gasteiger partial charge in [-0.15, -0.1) is 0 Å². The lowest BCUT2D eigenvalue weighted by Gasteiger charge is -2.27. The number of rotatable bonds is 4. The molecule has 1 N–H and O–H groups in total. The van der Waals surface area contributed by atoms with Gasteiger partial charge in [0.25, 0.3) is 11.7 Å². The number of ketones is 1. The molecule has 6 nitrogen and oxygen atoms in total. The molecular formula is C25H21ClN2O4. The van der Waals surface area contributed by atoms with Crippen LogP contribution >= 0.6 is 11.6 Å². The van der Waals surface area contributed by atoms with Crippen LogP contribution in [0.4, 0.5) is 5.69 Å². The predicted octanol–water partition coefficient (Wildman–Crippen LogP) is 4.99. The van der Waals surface area contributed by atoms with Gasteiger partial charge in [-0.1, -0.05) is 23.7 Å². The first kappa shape index (κ1) is 21.6. The molecule has 32 heavy (non-hydrogen) atoms. The first-order chi connectivity index (χ1) is 15.3. The summed E-state index contributed by atoms with van der Waals surface area (Å²) in [4.78, 5) is 32.0. The second-order valence-electron chi connectivity index (χ2n) is 7.52. The van der Waals surface area contributed by atoms with E-state index in [-0.39, 0.29) is 11.3 Å². The summed E-state index contributed by atoms with van der Waals surface area (Å²) >= 11 is 6.11. The Morgan fingerprint density at radius 2 is 1.81 bits per heavy atom. The zero-order chi connectivity index (χ0) is 23.0. The average Bonchev–Trinajstić information content (AvgIpc) is 3.06. The average molecular weight is 449 g/mol. The number of aliphatic hydroxyl groups is 1. The van der Waals surface area contributed by atoms with Crippen molar-refractivity contribution in [3.63, 3.8) is 0 Å². The van der Waals surface area contributed by atoms with E-state index in [2.05, 4.69) is 4.98 Å². The van der Waals surface area contributed by atoms with Crippen molar-refractivity contribution in [2.45, 2.75) is 19.9 Å². The molecule has 1 aliphatic rings. The summed E-state index contributed by atoms with van der Waals surface area (Å²) in [5.41, 5.74) is 3.45. The maximum atomic E-state index is 13.2. The molecule has 0 saturated carbocycles. The molecule has 1 amide bonds. The number of Topliss-reactive ketones (excluding diaryl/α,β-unsaturated/α-hetero) is 1. The molecule has 0 radical (unpaired) electrons. The second kappa shape index (κ2) is 8.48. The van der Waals surface area contributed by atoms with Gasteiger partial charge in [-0.3, -0.25) is 19.5 Å². The molecule has 7 heteroatoms. The van der Waals surface area contributed by atoms with Crippen LogP contribution in [0, 0.1) is 13.8 Å². The van der Waals surface area contributed by atoms with Gasteiger partial charge in [0, 0.05) is 23.6 Å². The highest BCUT2D eigenvalue weighted by atomic mass is 35.5. The molecule has 3 aromatic rings. The summed E-state index contributed by atoms with van der Waals surface area (Å²) in [7, 11) is 1.46. The number of amides is 1. The Morgan fingerprint density at radius 1 is 1.09 bits per heavy atom. The van der Waals surface area contributed by atoms with Crippen molar-refractivity contribution < 1.29 is 19.4 Å². The first-order valence-corrected chi connectivity index (χ1v) is 10.3. The number of hydrogen-bond acceptors (Lipinski definition) is 5. The number of halogens is 1. The van der Waals surface area contributed by atoms with E-state index in [1.165, 1.54) is 18.1 Å². The number of ether oxygens (including phenoxy) is 1. The van der Waals surface area contributed by atoms with E-state index in [1.807, 2.05) is 26.0 Å². The van der Waals surface area contributed by atoms with Crippen LogP contribution < -0.4 is 9.64 Å². The molecule has 1 fully saturated rings. The molecule has 0 spiro atoms. The molecular weight excluding hydrogens is 428 g/mol. The van der Waals surface area contributed by atoms with Gasteiger partial charge in [0.05, 0.1) is 23.7 Å². The van der Waals surface area contributed by atoms with Gasteiger partial charge >= 0.3 is 0 Å². The lowest BCUT2D eigenvalue weighted by Crippen LogP contribution is -2.30. The van der Waals surface area contributed by atoms with Crippen LogP contribution in [-0.4, -0.2) is 28.9 Å². The van der Waals surface area contributed by atoms with Crippen LogP contribution in [-0.2, 0) is 9.59 Å². The SMILES string of the molecule is COc1cc(/C(O)=C2\C(=O)C(=O)N(c3cccc(C)c3C)C2c2ccncc2)ccc1Cl. The Morgan fingerprint density at radius 3 is 2.50 bits per heavy atom. The molecule has 1 atom stereocenters. The van der Waals surface area contributed by atoms with Crippen LogP contribution in [0.5, 0.6) is 5.75 Å². The minimum atomic E-state index is -0.819. The number of carbonyl (C=O) groups excluding carboxylic acids is 2. The molecule has 0 aliphatic carbocycles. The zero-order valence-corrected chi connectivity index (χ0v) is 18.6. The number of methoxy groups -OCH3 is 1. The second-order valence-corrected chi connectivity index (χ2v) is 7.93.